The first-order valence-corrected chi connectivity index (χ1v) is 14.2. The Morgan fingerprint density at radius 2 is 1.70 bits per heavy atom. The second-order valence-electron chi connectivity index (χ2n) is 11.1. The summed E-state index contributed by atoms with van der Waals surface area (Å²) in [6.45, 7) is 5.65. The van der Waals surface area contributed by atoms with Crippen molar-refractivity contribution >= 4 is 16.9 Å². The minimum Gasteiger partial charge on any atom is -0.342 e. The van der Waals surface area contributed by atoms with Gasteiger partial charge in [0.15, 0.2) is 0 Å². The first-order valence-electron chi connectivity index (χ1n) is 14.2. The molecule has 2 aliphatic rings. The Kier molecular flexibility index (Phi) is 7.53. The molecule has 1 amide bonds. The Morgan fingerprint density at radius 3 is 2.42 bits per heavy atom. The van der Waals surface area contributed by atoms with Crippen LogP contribution in [0.4, 0.5) is 4.39 Å². The molecule has 2 aromatic carbocycles. The number of benzene rings is 2. The molecule has 6 rings (SSSR count). The number of H-pyrrole nitrogens is 2. The molecule has 2 N–H and O–H groups in total. The number of fused-ring (bicyclic) bond motifs is 1. The molecule has 4 aromatic rings. The molecule has 0 saturated carbocycles. The number of aryl methyl sites for hydroxylation is 1. The highest BCUT2D eigenvalue weighted by molar-refractivity contribution is 5.78. The number of nitrogens with one attached hydrogen (secondary N) is 2. The number of amides is 1. The summed E-state index contributed by atoms with van der Waals surface area (Å²) in [7, 11) is 2.11. The zero-order chi connectivity index (χ0) is 27.6. The monoisotopic (exact) mass is 545 g/mol. The Balaban J connectivity index is 1.21. The zero-order valence-corrected chi connectivity index (χ0v) is 22.9. The molecule has 0 atom stereocenters. The minimum absolute atomic E-state index is 0.121. The molecule has 0 radical (unpaired) electrons. The quantitative estimate of drug-likeness (QED) is 0.373. The lowest BCUT2D eigenvalue weighted by Crippen LogP contribution is -2.50. The predicted molar refractivity (Wildman–Crippen MR) is 152 cm³/mol. The second-order valence-corrected chi connectivity index (χ2v) is 11.1. The van der Waals surface area contributed by atoms with Crippen molar-refractivity contribution in [3.05, 3.63) is 81.5 Å². The fourth-order valence-corrected chi connectivity index (χ4v) is 5.90. The minimum atomic E-state index is -0.271. The normalized spacial score (nSPS) is 17.6. The summed E-state index contributed by atoms with van der Waals surface area (Å²) in [4.78, 5) is 41.2. The van der Waals surface area contributed by atoms with Gasteiger partial charge in [-0.2, -0.15) is 4.68 Å². The number of rotatable bonds is 7. The molecule has 2 fully saturated rings. The third-order valence-electron chi connectivity index (χ3n) is 8.39. The van der Waals surface area contributed by atoms with E-state index in [1.54, 1.807) is 12.1 Å². The summed E-state index contributed by atoms with van der Waals surface area (Å²) in [6, 6.07) is 14.1. The van der Waals surface area contributed by atoms with Crippen molar-refractivity contribution in [2.75, 3.05) is 52.9 Å². The van der Waals surface area contributed by atoms with Crippen LogP contribution in [0.3, 0.4) is 0 Å². The summed E-state index contributed by atoms with van der Waals surface area (Å²) < 4.78 is 14.9. The van der Waals surface area contributed by atoms with Crippen molar-refractivity contribution < 1.29 is 9.18 Å². The Hall–Kier alpha value is -3.76. The van der Waals surface area contributed by atoms with E-state index in [1.807, 2.05) is 29.2 Å². The van der Waals surface area contributed by atoms with E-state index in [4.69, 9.17) is 0 Å². The summed E-state index contributed by atoms with van der Waals surface area (Å²) >= 11 is 0. The molecule has 2 saturated heterocycles. The first kappa shape index (κ1) is 26.5. The van der Waals surface area contributed by atoms with Gasteiger partial charge in [-0.3, -0.25) is 19.6 Å². The number of carbonyl (C=O) groups excluding carboxylic acids is 1. The fourth-order valence-electron chi connectivity index (χ4n) is 5.90. The average molecular weight is 546 g/mol. The van der Waals surface area contributed by atoms with E-state index < -0.39 is 0 Å². The Bertz CT molecular complexity index is 1490. The van der Waals surface area contributed by atoms with E-state index >= 15 is 0 Å². The lowest BCUT2D eigenvalue weighted by Gasteiger charge is -2.36. The summed E-state index contributed by atoms with van der Waals surface area (Å²) in [5.74, 6) is 0.509. The van der Waals surface area contributed by atoms with E-state index in [0.717, 1.165) is 66.9 Å². The number of hydrogen-bond donors (Lipinski definition) is 2. The van der Waals surface area contributed by atoms with Gasteiger partial charge < -0.3 is 14.8 Å². The van der Waals surface area contributed by atoms with Gasteiger partial charge in [0, 0.05) is 56.4 Å². The molecular weight excluding hydrogens is 509 g/mol. The third-order valence-corrected chi connectivity index (χ3v) is 8.39. The van der Waals surface area contributed by atoms with Crippen LogP contribution in [-0.4, -0.2) is 93.2 Å². The number of aromatic nitrogens is 4. The van der Waals surface area contributed by atoms with E-state index in [0.29, 0.717) is 38.4 Å². The number of likely N-dealkylation sites (N-methyl/N-ethyl adjacent to an activating group) is 1. The number of hydrogen-bond acceptors (Lipinski definition) is 5. The molecule has 9 nitrogen and oxygen atoms in total. The lowest BCUT2D eigenvalue weighted by molar-refractivity contribution is -0.133. The number of likely N-dealkylation sites (tertiary alicyclic amines) is 1. The summed E-state index contributed by atoms with van der Waals surface area (Å²) in [5, 5.41) is 3.39. The highest BCUT2D eigenvalue weighted by atomic mass is 19.1. The number of aromatic amines is 2. The molecule has 210 valence electrons. The maximum atomic E-state index is 13.7. The first-order chi connectivity index (χ1) is 19.4. The van der Waals surface area contributed by atoms with Crippen LogP contribution in [0, 0.1) is 5.82 Å². The molecule has 0 aliphatic carbocycles. The second kappa shape index (κ2) is 11.4. The van der Waals surface area contributed by atoms with Gasteiger partial charge in [0.1, 0.15) is 5.82 Å². The van der Waals surface area contributed by atoms with Crippen LogP contribution < -0.4 is 5.56 Å². The Morgan fingerprint density at radius 1 is 0.975 bits per heavy atom. The zero-order valence-electron chi connectivity index (χ0n) is 22.9. The number of piperidine rings is 1. The molecule has 40 heavy (non-hydrogen) atoms. The van der Waals surface area contributed by atoms with Gasteiger partial charge in [-0.05, 0) is 62.6 Å². The molecule has 2 aromatic heterocycles. The van der Waals surface area contributed by atoms with Gasteiger partial charge in [-0.1, -0.05) is 24.3 Å². The average Bonchev–Trinajstić information content (AvgIpc) is 3.55. The largest absolute Gasteiger partial charge is 0.342 e. The van der Waals surface area contributed by atoms with Gasteiger partial charge >= 0.3 is 0 Å². The van der Waals surface area contributed by atoms with Gasteiger partial charge in [-0.15, -0.1) is 0 Å². The van der Waals surface area contributed by atoms with Crippen LogP contribution in [0.2, 0.25) is 0 Å². The van der Waals surface area contributed by atoms with Crippen molar-refractivity contribution in [3.63, 3.8) is 0 Å². The molecule has 0 spiro atoms. The van der Waals surface area contributed by atoms with Crippen molar-refractivity contribution in [3.8, 4) is 5.95 Å². The van der Waals surface area contributed by atoms with Crippen LogP contribution >= 0.6 is 0 Å². The molecule has 0 bridgehead atoms. The number of carbonyl (C=O) groups is 1. The van der Waals surface area contributed by atoms with Gasteiger partial charge in [-0.25, -0.2) is 9.37 Å². The molecule has 0 unspecified atom stereocenters. The number of halogens is 1. The van der Waals surface area contributed by atoms with Crippen molar-refractivity contribution in [2.45, 2.75) is 31.6 Å². The van der Waals surface area contributed by atoms with Gasteiger partial charge in [0.2, 0.25) is 11.9 Å². The molecular formula is C30H36FN7O2. The SMILES string of the molecule is CN1CCN(CC(=O)N2CCC(c3[nH]n(-c4nc5ccccc5[nH]4)c(=O)c3CCc3ccc(F)cc3)CC2)CC1. The molecule has 2 aliphatic heterocycles. The third kappa shape index (κ3) is 5.59. The molecule has 4 heterocycles. The standard InChI is InChI=1S/C30H36FN7O2/c1-35-16-18-36(19-17-35)20-27(39)37-14-12-22(13-15-37)28-24(11-8-21-6-9-23(31)10-7-21)29(40)38(34-28)30-32-25-4-2-3-5-26(25)33-30/h2-7,9-10,22,34H,8,11-20H2,1H3,(H,32,33). The maximum absolute atomic E-state index is 13.7. The highest BCUT2D eigenvalue weighted by Gasteiger charge is 2.30. The predicted octanol–water partition coefficient (Wildman–Crippen LogP) is 2.92. The lowest BCUT2D eigenvalue weighted by atomic mass is 9.89. The van der Waals surface area contributed by atoms with E-state index in [9.17, 15) is 14.0 Å². The van der Waals surface area contributed by atoms with Crippen LogP contribution in [-0.2, 0) is 17.6 Å². The van der Waals surface area contributed by atoms with Crippen LogP contribution in [0.5, 0.6) is 0 Å². The topological polar surface area (TPSA) is 93.3 Å². The van der Waals surface area contributed by atoms with E-state index in [2.05, 4.69) is 31.9 Å². The van der Waals surface area contributed by atoms with Crippen molar-refractivity contribution in [1.29, 1.82) is 0 Å². The van der Waals surface area contributed by atoms with Crippen molar-refractivity contribution in [1.82, 2.24) is 34.4 Å². The Labute approximate surface area is 232 Å². The maximum Gasteiger partial charge on any atom is 0.277 e. The van der Waals surface area contributed by atoms with Gasteiger partial charge in [0.05, 0.1) is 17.6 Å². The number of piperazine rings is 1. The van der Waals surface area contributed by atoms with Crippen molar-refractivity contribution in [2.24, 2.45) is 0 Å². The highest BCUT2D eigenvalue weighted by Crippen LogP contribution is 2.29. The van der Waals surface area contributed by atoms with Crippen LogP contribution in [0.15, 0.2) is 53.3 Å². The van der Waals surface area contributed by atoms with Crippen LogP contribution in [0.25, 0.3) is 17.0 Å². The number of para-hydroxylation sites is 2. The molecule has 10 heteroatoms. The fraction of sp³-hybridized carbons (Fsp3) is 0.433. The number of nitrogens with zero attached hydrogens (tertiary/aromatic N) is 5. The smallest absolute Gasteiger partial charge is 0.277 e. The van der Waals surface area contributed by atoms with Crippen LogP contribution in [0.1, 0.15) is 35.6 Å². The summed E-state index contributed by atoms with van der Waals surface area (Å²) in [5.41, 5.74) is 4.16. The number of imidazole rings is 1. The summed E-state index contributed by atoms with van der Waals surface area (Å²) in [6.07, 6.45) is 2.74. The van der Waals surface area contributed by atoms with E-state index in [1.165, 1.54) is 16.8 Å². The van der Waals surface area contributed by atoms with Gasteiger partial charge in [0.25, 0.3) is 5.56 Å². The van der Waals surface area contributed by atoms with E-state index in [-0.39, 0.29) is 23.2 Å².